The number of rotatable bonds is 4. The topological polar surface area (TPSA) is 41.6 Å². The molecular weight excluding hydrogens is 336 g/mol. The molecule has 2 aromatic carbocycles. The molecule has 142 valence electrons. The lowest BCUT2D eigenvalue weighted by atomic mass is 9.61. The first-order valence-corrected chi connectivity index (χ1v) is 9.92. The van der Waals surface area contributed by atoms with Gasteiger partial charge in [-0.05, 0) is 57.3 Å². The monoisotopic (exact) mass is 364 g/mol. The van der Waals surface area contributed by atoms with Crippen LogP contribution in [0.3, 0.4) is 0 Å². The summed E-state index contributed by atoms with van der Waals surface area (Å²) in [5, 5.41) is 2.98. The van der Waals surface area contributed by atoms with Crippen LogP contribution >= 0.6 is 0 Å². The number of amides is 1. The van der Waals surface area contributed by atoms with E-state index in [9.17, 15) is 4.79 Å². The molecule has 1 amide bonds. The van der Waals surface area contributed by atoms with E-state index in [1.54, 1.807) is 0 Å². The van der Waals surface area contributed by atoms with Gasteiger partial charge in [-0.3, -0.25) is 5.32 Å². The van der Waals surface area contributed by atoms with Crippen molar-refractivity contribution in [1.29, 1.82) is 0 Å². The fourth-order valence-corrected chi connectivity index (χ4v) is 4.78. The van der Waals surface area contributed by atoms with E-state index in [1.165, 1.54) is 12.8 Å². The van der Waals surface area contributed by atoms with Gasteiger partial charge < -0.3 is 9.64 Å². The van der Waals surface area contributed by atoms with E-state index in [2.05, 4.69) is 24.3 Å². The molecule has 2 saturated carbocycles. The van der Waals surface area contributed by atoms with E-state index < -0.39 is 0 Å². The van der Waals surface area contributed by atoms with Crippen LogP contribution in [0.25, 0.3) is 11.1 Å². The van der Waals surface area contributed by atoms with Crippen LogP contribution in [0, 0.1) is 11.8 Å². The number of nitrogens with one attached hydrogen (secondary N) is 1. The molecule has 2 aliphatic rings. The fraction of sp³-hybridized carbons (Fsp3) is 0.435. The summed E-state index contributed by atoms with van der Waals surface area (Å²) in [6.07, 6.45) is 4.20. The van der Waals surface area contributed by atoms with Crippen molar-refractivity contribution in [1.82, 2.24) is 4.90 Å². The van der Waals surface area contributed by atoms with Crippen LogP contribution in [0.2, 0.25) is 0 Å². The van der Waals surface area contributed by atoms with Crippen molar-refractivity contribution in [2.75, 3.05) is 19.4 Å². The number of ether oxygens (including phenoxy) is 1. The molecule has 4 atom stereocenters. The van der Waals surface area contributed by atoms with Crippen molar-refractivity contribution < 1.29 is 9.53 Å². The van der Waals surface area contributed by atoms with Crippen molar-refractivity contribution in [2.24, 2.45) is 11.8 Å². The lowest BCUT2D eigenvalue weighted by Crippen LogP contribution is -2.53. The predicted octanol–water partition coefficient (Wildman–Crippen LogP) is 5.02. The van der Waals surface area contributed by atoms with Crippen LogP contribution in [0.5, 0.6) is 0 Å². The minimum absolute atomic E-state index is 0.0452. The van der Waals surface area contributed by atoms with Gasteiger partial charge in [-0.2, -0.15) is 0 Å². The highest BCUT2D eigenvalue weighted by Crippen LogP contribution is 2.47. The second kappa shape index (κ2) is 7.73. The Labute approximate surface area is 161 Å². The van der Waals surface area contributed by atoms with Gasteiger partial charge in [0.15, 0.2) is 0 Å². The summed E-state index contributed by atoms with van der Waals surface area (Å²) >= 11 is 0. The van der Waals surface area contributed by atoms with Crippen LogP contribution in [-0.4, -0.2) is 37.2 Å². The van der Waals surface area contributed by atoms with Gasteiger partial charge in [0.25, 0.3) is 0 Å². The Balaban J connectivity index is 1.43. The Morgan fingerprint density at radius 2 is 1.63 bits per heavy atom. The van der Waals surface area contributed by atoms with E-state index in [1.807, 2.05) is 54.6 Å². The zero-order valence-corrected chi connectivity index (χ0v) is 16.1. The van der Waals surface area contributed by atoms with Gasteiger partial charge in [-0.1, -0.05) is 48.5 Å². The summed E-state index contributed by atoms with van der Waals surface area (Å²) in [4.78, 5) is 14.9. The second-order valence-corrected chi connectivity index (χ2v) is 7.99. The average molecular weight is 364 g/mol. The first-order valence-electron chi connectivity index (χ1n) is 9.92. The van der Waals surface area contributed by atoms with Gasteiger partial charge in [0.05, 0.1) is 5.69 Å². The van der Waals surface area contributed by atoms with Gasteiger partial charge in [-0.15, -0.1) is 0 Å². The largest absolute Gasteiger partial charge is 0.446 e. The first kappa shape index (κ1) is 18.1. The van der Waals surface area contributed by atoms with Gasteiger partial charge in [0.1, 0.15) is 6.10 Å². The molecule has 2 aliphatic carbocycles. The first-order chi connectivity index (χ1) is 13.1. The molecule has 4 heteroatoms. The molecule has 0 aromatic heterocycles. The predicted molar refractivity (Wildman–Crippen MR) is 109 cm³/mol. The fourth-order valence-electron chi connectivity index (χ4n) is 4.78. The lowest BCUT2D eigenvalue weighted by molar-refractivity contribution is -0.0667. The molecule has 2 fully saturated rings. The molecular formula is C23H28N2O2. The zero-order chi connectivity index (χ0) is 18.8. The van der Waals surface area contributed by atoms with Gasteiger partial charge in [0, 0.05) is 17.5 Å². The highest BCUT2D eigenvalue weighted by atomic mass is 16.6. The minimum Gasteiger partial charge on any atom is -0.446 e. The van der Waals surface area contributed by atoms with Gasteiger partial charge in [-0.25, -0.2) is 4.79 Å². The van der Waals surface area contributed by atoms with Crippen LogP contribution in [0.1, 0.15) is 25.7 Å². The van der Waals surface area contributed by atoms with E-state index in [0.29, 0.717) is 17.9 Å². The highest BCUT2D eigenvalue weighted by Gasteiger charge is 2.47. The van der Waals surface area contributed by atoms with Crippen LogP contribution in [0.4, 0.5) is 10.5 Å². The third-order valence-electron chi connectivity index (χ3n) is 6.27. The Morgan fingerprint density at radius 3 is 2.33 bits per heavy atom. The number of carbonyl (C=O) groups is 1. The quantitative estimate of drug-likeness (QED) is 0.828. The summed E-state index contributed by atoms with van der Waals surface area (Å²) < 4.78 is 5.88. The van der Waals surface area contributed by atoms with E-state index in [-0.39, 0.29) is 12.2 Å². The van der Waals surface area contributed by atoms with Gasteiger partial charge in [0.2, 0.25) is 0 Å². The molecule has 2 aromatic rings. The number of anilines is 1. The molecule has 0 heterocycles. The molecule has 0 radical (unpaired) electrons. The number of nitrogens with zero attached hydrogens (tertiary/aromatic N) is 1. The normalized spacial score (nSPS) is 26.8. The summed E-state index contributed by atoms with van der Waals surface area (Å²) in [6.45, 7) is 0. The number of hydrogen-bond donors (Lipinski definition) is 1. The molecule has 27 heavy (non-hydrogen) atoms. The standard InChI is InChI=1S/C23H28N2O2/c1-25(2)21-14-15-22(19-13-12-18(19)21)27-23(26)24-20-11-7-6-10-17(20)16-8-4-3-5-9-16/h3-11,18-19,21-22H,12-15H2,1-2H3,(H,24,26). The molecule has 4 rings (SSSR count). The highest BCUT2D eigenvalue weighted by molar-refractivity contribution is 5.91. The molecule has 0 spiro atoms. The van der Waals surface area contributed by atoms with Crippen LogP contribution in [-0.2, 0) is 4.74 Å². The smallest absolute Gasteiger partial charge is 0.411 e. The Kier molecular flexibility index (Phi) is 5.17. The number of hydrogen-bond acceptors (Lipinski definition) is 3. The van der Waals surface area contributed by atoms with Crippen molar-refractivity contribution in [2.45, 2.75) is 37.8 Å². The SMILES string of the molecule is CN(C)C1CCC(OC(=O)Nc2ccccc2-c2ccccc2)C2CCC21. The molecule has 4 nitrogen and oxygen atoms in total. The van der Waals surface area contributed by atoms with Crippen molar-refractivity contribution in [3.05, 3.63) is 54.6 Å². The maximum Gasteiger partial charge on any atom is 0.411 e. The average Bonchev–Trinajstić information content (AvgIpc) is 2.64. The molecule has 0 saturated heterocycles. The summed E-state index contributed by atoms with van der Waals surface area (Å²) in [5.41, 5.74) is 2.88. The third kappa shape index (κ3) is 3.72. The van der Waals surface area contributed by atoms with Crippen molar-refractivity contribution in [3.8, 4) is 11.1 Å². The van der Waals surface area contributed by atoms with E-state index in [0.717, 1.165) is 29.7 Å². The maximum atomic E-state index is 12.6. The Bertz CT molecular complexity index is 790. The van der Waals surface area contributed by atoms with Gasteiger partial charge >= 0.3 is 6.09 Å². The van der Waals surface area contributed by atoms with Crippen LogP contribution < -0.4 is 5.32 Å². The molecule has 0 aliphatic heterocycles. The molecule has 4 unspecified atom stereocenters. The third-order valence-corrected chi connectivity index (χ3v) is 6.27. The minimum atomic E-state index is -0.336. The van der Waals surface area contributed by atoms with Crippen molar-refractivity contribution in [3.63, 3.8) is 0 Å². The summed E-state index contributed by atoms with van der Waals surface area (Å²) in [5.74, 6) is 1.18. The second-order valence-electron chi connectivity index (χ2n) is 7.99. The van der Waals surface area contributed by atoms with E-state index in [4.69, 9.17) is 4.74 Å². The summed E-state index contributed by atoms with van der Waals surface area (Å²) in [6, 6.07) is 18.6. The maximum absolute atomic E-state index is 12.6. The number of fused-ring (bicyclic) bond motifs is 1. The Hall–Kier alpha value is -2.33. The Morgan fingerprint density at radius 1 is 0.926 bits per heavy atom. The lowest BCUT2D eigenvalue weighted by Gasteiger charge is -2.51. The number of para-hydroxylation sites is 1. The molecule has 0 bridgehead atoms. The number of benzene rings is 2. The number of carbonyl (C=O) groups excluding carboxylic acids is 1. The van der Waals surface area contributed by atoms with Crippen molar-refractivity contribution >= 4 is 11.8 Å². The zero-order valence-electron chi connectivity index (χ0n) is 16.1. The van der Waals surface area contributed by atoms with E-state index >= 15 is 0 Å². The summed E-state index contributed by atoms with van der Waals surface area (Å²) in [7, 11) is 4.32. The molecule has 1 N–H and O–H groups in total. The van der Waals surface area contributed by atoms with Crippen LogP contribution in [0.15, 0.2) is 54.6 Å².